The highest BCUT2D eigenvalue weighted by Crippen LogP contribution is 2.13. The Hall–Kier alpha value is -1.38. The molecule has 7 heteroatoms. The van der Waals surface area contributed by atoms with Gasteiger partial charge in [0.1, 0.15) is 5.82 Å². The molecule has 0 saturated carbocycles. The number of carbonyl (C=O) groups is 1. The van der Waals surface area contributed by atoms with E-state index in [0.29, 0.717) is 12.6 Å². The number of aryl methyl sites for hydroxylation is 1. The summed E-state index contributed by atoms with van der Waals surface area (Å²) in [6.07, 6.45) is 3.57. The third kappa shape index (κ3) is 8.32. The number of likely N-dealkylation sites (tertiary alicyclic amines) is 1. The second kappa shape index (κ2) is 13.0. The molecule has 1 amide bonds. The smallest absolute Gasteiger partial charge is 0.225 e. The molecule has 5 nitrogen and oxygen atoms in total. The van der Waals surface area contributed by atoms with Gasteiger partial charge in [0.2, 0.25) is 5.91 Å². The van der Waals surface area contributed by atoms with Crippen molar-refractivity contribution in [2.75, 3.05) is 26.2 Å². The van der Waals surface area contributed by atoms with E-state index in [2.05, 4.69) is 15.6 Å². The van der Waals surface area contributed by atoms with Crippen molar-refractivity contribution < 1.29 is 9.18 Å². The minimum atomic E-state index is -0.187. The number of piperidine rings is 1. The van der Waals surface area contributed by atoms with Gasteiger partial charge in [-0.1, -0.05) is 26.0 Å². The van der Waals surface area contributed by atoms with Gasteiger partial charge in [-0.2, -0.15) is 0 Å². The lowest BCUT2D eigenvalue weighted by Crippen LogP contribution is -2.50. The van der Waals surface area contributed by atoms with E-state index in [9.17, 15) is 9.18 Å². The fraction of sp³-hybridized carbons (Fsp3) is 0.619. The molecule has 0 aliphatic carbocycles. The van der Waals surface area contributed by atoms with Crippen LogP contribution in [0.5, 0.6) is 0 Å². The molecule has 0 bridgehead atoms. The summed E-state index contributed by atoms with van der Waals surface area (Å²) in [5.74, 6) is 0.941. The van der Waals surface area contributed by atoms with Gasteiger partial charge >= 0.3 is 0 Å². The molecule has 1 fully saturated rings. The van der Waals surface area contributed by atoms with Crippen molar-refractivity contribution in [1.29, 1.82) is 0 Å². The zero-order chi connectivity index (χ0) is 19.6. The number of hydrogen-bond donors (Lipinski definition) is 2. The van der Waals surface area contributed by atoms with Gasteiger partial charge in [-0.15, -0.1) is 24.0 Å². The summed E-state index contributed by atoms with van der Waals surface area (Å²) >= 11 is 0. The second-order valence-corrected chi connectivity index (χ2v) is 7.39. The molecule has 0 aromatic heterocycles. The number of nitrogens with zero attached hydrogens (tertiary/aromatic N) is 2. The molecule has 0 spiro atoms. The van der Waals surface area contributed by atoms with Gasteiger partial charge in [0, 0.05) is 38.1 Å². The largest absolute Gasteiger partial charge is 0.357 e. The monoisotopic (exact) mass is 504 g/mol. The van der Waals surface area contributed by atoms with Crippen molar-refractivity contribution in [1.82, 2.24) is 15.5 Å². The molecule has 0 radical (unpaired) electrons. The highest BCUT2D eigenvalue weighted by Gasteiger charge is 2.24. The lowest BCUT2D eigenvalue weighted by molar-refractivity contribution is -0.135. The maximum absolute atomic E-state index is 13.2. The number of nitrogens with one attached hydrogen (secondary N) is 2. The van der Waals surface area contributed by atoms with Crippen LogP contribution in [0.4, 0.5) is 4.39 Å². The van der Waals surface area contributed by atoms with Crippen LogP contribution in [0, 0.1) is 11.7 Å². The molecule has 1 aromatic carbocycles. The molecule has 2 rings (SSSR count). The molecular formula is C21H34FIN4O. The Balaban J connectivity index is 0.00000392. The fourth-order valence-corrected chi connectivity index (χ4v) is 3.29. The first kappa shape index (κ1) is 24.7. The third-order valence-corrected chi connectivity index (χ3v) is 4.77. The van der Waals surface area contributed by atoms with Crippen LogP contribution in [-0.2, 0) is 11.2 Å². The van der Waals surface area contributed by atoms with Crippen molar-refractivity contribution >= 4 is 35.8 Å². The van der Waals surface area contributed by atoms with Gasteiger partial charge in [-0.3, -0.25) is 9.79 Å². The van der Waals surface area contributed by atoms with Crippen LogP contribution in [0.25, 0.3) is 0 Å². The molecule has 1 aliphatic rings. The summed E-state index contributed by atoms with van der Waals surface area (Å²) in [6, 6.07) is 7.08. The zero-order valence-electron chi connectivity index (χ0n) is 17.2. The van der Waals surface area contributed by atoms with Crippen molar-refractivity contribution in [3.8, 4) is 0 Å². The lowest BCUT2D eigenvalue weighted by atomic mass is 10.0. The van der Waals surface area contributed by atoms with E-state index in [0.717, 1.165) is 56.8 Å². The number of rotatable bonds is 7. The molecule has 0 unspecified atom stereocenters. The number of benzene rings is 1. The molecule has 1 saturated heterocycles. The standard InChI is InChI=1S/C21H33FN4O.HI/c1-4-23-21(24-12-6-8-17-7-5-9-18(22)15-17)25-19-10-13-26(14-11-19)20(27)16(2)3;/h5,7,9,15-16,19H,4,6,8,10-14H2,1-3H3,(H2,23,24,25);1H. The Morgan fingerprint density at radius 1 is 1.32 bits per heavy atom. The summed E-state index contributed by atoms with van der Waals surface area (Å²) in [5.41, 5.74) is 1.00. The number of hydrogen-bond acceptors (Lipinski definition) is 2. The quantitative estimate of drug-likeness (QED) is 0.259. The second-order valence-electron chi connectivity index (χ2n) is 7.39. The zero-order valence-corrected chi connectivity index (χ0v) is 19.5. The molecule has 28 heavy (non-hydrogen) atoms. The lowest BCUT2D eigenvalue weighted by Gasteiger charge is -2.34. The Morgan fingerprint density at radius 3 is 2.64 bits per heavy atom. The Labute approximate surface area is 185 Å². The van der Waals surface area contributed by atoms with E-state index in [-0.39, 0.29) is 41.6 Å². The summed E-state index contributed by atoms with van der Waals surface area (Å²) in [5, 5.41) is 6.78. The molecule has 1 aliphatic heterocycles. The topological polar surface area (TPSA) is 56.7 Å². The summed E-state index contributed by atoms with van der Waals surface area (Å²) in [6.45, 7) is 9.05. The maximum Gasteiger partial charge on any atom is 0.225 e. The van der Waals surface area contributed by atoms with Gasteiger partial charge in [-0.25, -0.2) is 4.39 Å². The van der Waals surface area contributed by atoms with E-state index in [4.69, 9.17) is 0 Å². The number of halogens is 2. The van der Waals surface area contributed by atoms with Crippen molar-refractivity contribution in [3.05, 3.63) is 35.6 Å². The van der Waals surface area contributed by atoms with Gasteiger partial charge in [0.05, 0.1) is 0 Å². The fourth-order valence-electron chi connectivity index (χ4n) is 3.29. The highest BCUT2D eigenvalue weighted by atomic mass is 127. The predicted octanol–water partition coefficient (Wildman–Crippen LogP) is 3.58. The maximum atomic E-state index is 13.2. The summed E-state index contributed by atoms with van der Waals surface area (Å²) in [7, 11) is 0. The average Bonchev–Trinajstić information content (AvgIpc) is 2.65. The summed E-state index contributed by atoms with van der Waals surface area (Å²) < 4.78 is 13.2. The van der Waals surface area contributed by atoms with E-state index < -0.39 is 0 Å². The van der Waals surface area contributed by atoms with Crippen LogP contribution < -0.4 is 10.6 Å². The Bertz CT molecular complexity index is 631. The van der Waals surface area contributed by atoms with Crippen LogP contribution in [0.2, 0.25) is 0 Å². The number of amides is 1. The van der Waals surface area contributed by atoms with Crippen molar-refractivity contribution in [2.45, 2.75) is 52.5 Å². The van der Waals surface area contributed by atoms with Gasteiger partial charge in [0.15, 0.2) is 5.96 Å². The first-order chi connectivity index (χ1) is 13.0. The average molecular weight is 504 g/mol. The molecule has 0 atom stereocenters. The Kier molecular flexibility index (Phi) is 11.4. The molecule has 1 aromatic rings. The number of carbonyl (C=O) groups excluding carboxylic acids is 1. The highest BCUT2D eigenvalue weighted by molar-refractivity contribution is 14.0. The van der Waals surface area contributed by atoms with Crippen LogP contribution in [0.15, 0.2) is 29.3 Å². The number of aliphatic imine (C=N–C) groups is 1. The van der Waals surface area contributed by atoms with Crippen LogP contribution in [0.3, 0.4) is 0 Å². The molecule has 1 heterocycles. The summed E-state index contributed by atoms with van der Waals surface area (Å²) in [4.78, 5) is 18.7. The molecule has 158 valence electrons. The van der Waals surface area contributed by atoms with Gasteiger partial charge in [-0.05, 0) is 50.3 Å². The van der Waals surface area contributed by atoms with Crippen LogP contribution >= 0.6 is 24.0 Å². The third-order valence-electron chi connectivity index (χ3n) is 4.77. The van der Waals surface area contributed by atoms with Crippen LogP contribution in [0.1, 0.15) is 45.6 Å². The first-order valence-corrected chi connectivity index (χ1v) is 10.1. The van der Waals surface area contributed by atoms with E-state index in [1.54, 1.807) is 12.1 Å². The molecular weight excluding hydrogens is 470 g/mol. The minimum Gasteiger partial charge on any atom is -0.357 e. The normalized spacial score (nSPS) is 15.3. The van der Waals surface area contributed by atoms with Crippen LogP contribution in [-0.4, -0.2) is 49.0 Å². The van der Waals surface area contributed by atoms with Crippen molar-refractivity contribution in [3.63, 3.8) is 0 Å². The predicted molar refractivity (Wildman–Crippen MR) is 124 cm³/mol. The number of guanidine groups is 1. The van der Waals surface area contributed by atoms with Gasteiger partial charge in [0.25, 0.3) is 0 Å². The van der Waals surface area contributed by atoms with E-state index >= 15 is 0 Å². The minimum absolute atomic E-state index is 0. The van der Waals surface area contributed by atoms with E-state index in [1.165, 1.54) is 6.07 Å². The van der Waals surface area contributed by atoms with Gasteiger partial charge < -0.3 is 15.5 Å². The van der Waals surface area contributed by atoms with E-state index in [1.807, 2.05) is 31.7 Å². The SMILES string of the molecule is CCNC(=NCCCc1cccc(F)c1)NC1CCN(C(=O)C(C)C)CC1.I. The Morgan fingerprint density at radius 2 is 2.04 bits per heavy atom. The first-order valence-electron chi connectivity index (χ1n) is 10.1. The van der Waals surface area contributed by atoms with Crippen molar-refractivity contribution in [2.24, 2.45) is 10.9 Å². The molecule has 2 N–H and O–H groups in total.